The highest BCUT2D eigenvalue weighted by atomic mass is 16.5. The first kappa shape index (κ1) is 16.4. The van der Waals surface area contributed by atoms with Crippen LogP contribution in [0.25, 0.3) is 17.2 Å². The molecule has 0 radical (unpaired) electrons. The van der Waals surface area contributed by atoms with Crippen molar-refractivity contribution in [1.82, 2.24) is 4.98 Å². The van der Waals surface area contributed by atoms with Gasteiger partial charge in [-0.1, -0.05) is 18.2 Å². The van der Waals surface area contributed by atoms with E-state index in [-0.39, 0.29) is 33.9 Å². The van der Waals surface area contributed by atoms with Gasteiger partial charge in [-0.3, -0.25) is 4.79 Å². The van der Waals surface area contributed by atoms with E-state index in [2.05, 4.69) is 4.98 Å². The molecule has 25 heavy (non-hydrogen) atoms. The zero-order chi connectivity index (χ0) is 18.0. The van der Waals surface area contributed by atoms with Gasteiger partial charge in [0.05, 0.1) is 14.2 Å². The zero-order valence-corrected chi connectivity index (χ0v) is 13.5. The van der Waals surface area contributed by atoms with E-state index in [0.717, 1.165) is 0 Å². The number of oxazole rings is 1. The Bertz CT molecular complexity index is 973. The molecular formula is C18H15NO6. The lowest BCUT2D eigenvalue weighted by Gasteiger charge is -2.12. The van der Waals surface area contributed by atoms with Gasteiger partial charge in [0.1, 0.15) is 11.3 Å². The van der Waals surface area contributed by atoms with Gasteiger partial charge in [0.25, 0.3) is 0 Å². The topological polar surface area (TPSA) is 102 Å². The fraction of sp³-hybridized carbons (Fsp3) is 0.111. The van der Waals surface area contributed by atoms with E-state index in [1.807, 2.05) is 0 Å². The van der Waals surface area contributed by atoms with Gasteiger partial charge in [0.2, 0.25) is 11.3 Å². The number of phenolic OH excluding ortho intramolecular Hbond substituents is 2. The average molecular weight is 341 g/mol. The molecule has 128 valence electrons. The number of hydrogen-bond acceptors (Lipinski definition) is 7. The number of ether oxygens (including phenoxy) is 2. The van der Waals surface area contributed by atoms with Crippen molar-refractivity contribution in [3.63, 3.8) is 0 Å². The molecule has 0 aliphatic heterocycles. The predicted octanol–water partition coefficient (Wildman–Crippen LogP) is 3.15. The number of fused-ring (bicyclic) bond motifs is 1. The second kappa shape index (κ2) is 6.56. The smallest absolute Gasteiger partial charge is 0.207 e. The van der Waals surface area contributed by atoms with Crippen LogP contribution in [0.2, 0.25) is 0 Å². The van der Waals surface area contributed by atoms with Gasteiger partial charge in [0.15, 0.2) is 29.2 Å². The summed E-state index contributed by atoms with van der Waals surface area (Å²) < 4.78 is 15.6. The summed E-state index contributed by atoms with van der Waals surface area (Å²) in [6.45, 7) is 0. The van der Waals surface area contributed by atoms with E-state index >= 15 is 0 Å². The van der Waals surface area contributed by atoms with Gasteiger partial charge in [-0.15, -0.1) is 0 Å². The lowest BCUT2D eigenvalue weighted by molar-refractivity contribution is 0.104. The van der Waals surface area contributed by atoms with Crippen LogP contribution >= 0.6 is 0 Å². The summed E-state index contributed by atoms with van der Waals surface area (Å²) in [5.74, 6) is -0.731. The highest BCUT2D eigenvalue weighted by Crippen LogP contribution is 2.44. The van der Waals surface area contributed by atoms with E-state index in [0.29, 0.717) is 5.56 Å². The summed E-state index contributed by atoms with van der Waals surface area (Å²) in [6, 6.07) is 6.41. The van der Waals surface area contributed by atoms with Crippen molar-refractivity contribution in [2.24, 2.45) is 0 Å². The maximum absolute atomic E-state index is 12.6. The largest absolute Gasteiger partial charge is 0.508 e. The molecule has 7 heteroatoms. The minimum Gasteiger partial charge on any atom is -0.508 e. The van der Waals surface area contributed by atoms with Crippen molar-refractivity contribution in [3.05, 3.63) is 47.9 Å². The third-order valence-electron chi connectivity index (χ3n) is 3.62. The van der Waals surface area contributed by atoms with Crippen LogP contribution in [-0.2, 0) is 0 Å². The number of hydrogen-bond donors (Lipinski definition) is 2. The molecule has 0 saturated carbocycles. The maximum Gasteiger partial charge on any atom is 0.207 e. The van der Waals surface area contributed by atoms with Crippen molar-refractivity contribution in [2.45, 2.75) is 0 Å². The average Bonchev–Trinajstić information content (AvgIpc) is 3.08. The molecule has 1 heterocycles. The second-order valence-corrected chi connectivity index (χ2v) is 5.11. The molecule has 2 aromatic carbocycles. The summed E-state index contributed by atoms with van der Waals surface area (Å²) >= 11 is 0. The van der Waals surface area contributed by atoms with Crippen molar-refractivity contribution >= 4 is 23.0 Å². The summed E-state index contributed by atoms with van der Waals surface area (Å²) in [5, 5.41) is 19.9. The van der Waals surface area contributed by atoms with Gasteiger partial charge in [0, 0.05) is 0 Å². The standard InChI is InChI=1S/C18H15NO6/c1-23-16-13(12(21)7-6-10-4-3-5-11(20)8-10)15(22)18(24-2)17-14(16)19-9-25-17/h3-9,20,22H,1-2H3/b7-6+. The first-order chi connectivity index (χ1) is 12.1. The molecule has 0 aliphatic rings. The fourth-order valence-corrected chi connectivity index (χ4v) is 2.52. The number of aromatic nitrogens is 1. The van der Waals surface area contributed by atoms with Crippen LogP contribution in [0.3, 0.4) is 0 Å². The molecule has 0 unspecified atom stereocenters. The number of methoxy groups -OCH3 is 2. The Labute approximate surface area is 142 Å². The number of ketones is 1. The third kappa shape index (κ3) is 2.87. The summed E-state index contributed by atoms with van der Waals surface area (Å²) in [5.41, 5.74) is 0.995. The maximum atomic E-state index is 12.6. The van der Waals surface area contributed by atoms with E-state index in [1.54, 1.807) is 12.1 Å². The minimum atomic E-state index is -0.513. The number of benzene rings is 2. The number of allylic oxidation sites excluding steroid dienone is 1. The van der Waals surface area contributed by atoms with Gasteiger partial charge >= 0.3 is 0 Å². The van der Waals surface area contributed by atoms with Crippen LogP contribution in [-0.4, -0.2) is 35.2 Å². The zero-order valence-electron chi connectivity index (χ0n) is 13.5. The van der Waals surface area contributed by atoms with E-state index in [1.165, 1.54) is 44.9 Å². The number of aromatic hydroxyl groups is 2. The number of rotatable bonds is 5. The number of phenols is 2. The Morgan fingerprint density at radius 2 is 1.96 bits per heavy atom. The Morgan fingerprint density at radius 3 is 2.64 bits per heavy atom. The Hall–Kier alpha value is -3.48. The third-order valence-corrected chi connectivity index (χ3v) is 3.62. The lowest BCUT2D eigenvalue weighted by Crippen LogP contribution is -2.02. The minimum absolute atomic E-state index is 0.00223. The molecule has 0 atom stereocenters. The van der Waals surface area contributed by atoms with Crippen molar-refractivity contribution < 1.29 is 28.9 Å². The quantitative estimate of drug-likeness (QED) is 0.543. The van der Waals surface area contributed by atoms with Crippen molar-refractivity contribution in [1.29, 1.82) is 0 Å². The number of nitrogens with zero attached hydrogens (tertiary/aromatic N) is 1. The summed E-state index contributed by atoms with van der Waals surface area (Å²) in [7, 11) is 2.71. The van der Waals surface area contributed by atoms with Gasteiger partial charge in [-0.25, -0.2) is 4.98 Å². The van der Waals surface area contributed by atoms with Crippen LogP contribution in [0.15, 0.2) is 41.2 Å². The molecule has 0 aliphatic carbocycles. The van der Waals surface area contributed by atoms with Gasteiger partial charge < -0.3 is 24.1 Å². The monoisotopic (exact) mass is 341 g/mol. The summed E-state index contributed by atoms with van der Waals surface area (Å²) in [4.78, 5) is 16.7. The first-order valence-electron chi connectivity index (χ1n) is 7.28. The highest BCUT2D eigenvalue weighted by molar-refractivity contribution is 6.14. The normalized spacial score (nSPS) is 11.1. The molecule has 0 amide bonds. The molecule has 3 rings (SSSR count). The Kier molecular flexibility index (Phi) is 4.30. The fourth-order valence-electron chi connectivity index (χ4n) is 2.52. The number of carbonyl (C=O) groups excluding carboxylic acids is 1. The van der Waals surface area contributed by atoms with Gasteiger partial charge in [-0.05, 0) is 23.8 Å². The number of carbonyl (C=O) groups is 1. The van der Waals surface area contributed by atoms with E-state index in [4.69, 9.17) is 13.9 Å². The van der Waals surface area contributed by atoms with Crippen LogP contribution < -0.4 is 9.47 Å². The second-order valence-electron chi connectivity index (χ2n) is 5.11. The molecule has 1 aromatic heterocycles. The summed E-state index contributed by atoms with van der Waals surface area (Å²) in [6.07, 6.45) is 3.95. The van der Waals surface area contributed by atoms with Crippen LogP contribution in [0.4, 0.5) is 0 Å². The van der Waals surface area contributed by atoms with E-state index < -0.39 is 11.5 Å². The SMILES string of the molecule is COc1c(C(=O)/C=C/c2cccc(O)c2)c(O)c(OC)c2ocnc12. The molecule has 0 bridgehead atoms. The Balaban J connectivity index is 2.10. The van der Waals surface area contributed by atoms with Crippen molar-refractivity contribution in [2.75, 3.05) is 14.2 Å². The molecule has 7 nitrogen and oxygen atoms in total. The molecular weight excluding hydrogens is 326 g/mol. The predicted molar refractivity (Wildman–Crippen MR) is 90.2 cm³/mol. The van der Waals surface area contributed by atoms with Crippen LogP contribution in [0.5, 0.6) is 23.0 Å². The molecule has 0 spiro atoms. The highest BCUT2D eigenvalue weighted by Gasteiger charge is 2.27. The van der Waals surface area contributed by atoms with Gasteiger partial charge in [-0.2, -0.15) is 0 Å². The Morgan fingerprint density at radius 1 is 1.20 bits per heavy atom. The van der Waals surface area contributed by atoms with Crippen LogP contribution in [0, 0.1) is 0 Å². The first-order valence-corrected chi connectivity index (χ1v) is 7.28. The molecule has 2 N–H and O–H groups in total. The molecule has 3 aromatic rings. The van der Waals surface area contributed by atoms with Crippen molar-refractivity contribution in [3.8, 4) is 23.0 Å². The lowest BCUT2D eigenvalue weighted by atomic mass is 10.0. The molecule has 0 fully saturated rings. The molecule has 0 saturated heterocycles. The van der Waals surface area contributed by atoms with E-state index in [9.17, 15) is 15.0 Å². The van der Waals surface area contributed by atoms with Crippen LogP contribution in [0.1, 0.15) is 15.9 Å².